The first kappa shape index (κ1) is 15.8. The van der Waals surface area contributed by atoms with Gasteiger partial charge in [-0.2, -0.15) is 5.10 Å². The van der Waals surface area contributed by atoms with Gasteiger partial charge in [0.2, 0.25) is 0 Å². The van der Waals surface area contributed by atoms with Gasteiger partial charge in [0.25, 0.3) is 5.91 Å². The number of ether oxygens (including phenoxy) is 1. The summed E-state index contributed by atoms with van der Waals surface area (Å²) in [6.45, 7) is 3.99. The van der Waals surface area contributed by atoms with Crippen LogP contribution in [0.25, 0.3) is 11.3 Å². The van der Waals surface area contributed by atoms with Crippen molar-refractivity contribution in [1.29, 1.82) is 0 Å². The van der Waals surface area contributed by atoms with E-state index in [1.54, 1.807) is 13.2 Å². The normalized spacial score (nSPS) is 10.5. The molecule has 1 amide bonds. The molecule has 1 aromatic heterocycles. The van der Waals surface area contributed by atoms with Gasteiger partial charge in [-0.05, 0) is 37.6 Å². The molecule has 0 aliphatic carbocycles. The lowest BCUT2D eigenvalue weighted by atomic mass is 10.1. The number of aryl methyl sites for hydroxylation is 2. The molecular formula is C19H19N3O2. The molecular weight excluding hydrogens is 302 g/mol. The summed E-state index contributed by atoms with van der Waals surface area (Å²) in [5, 5.41) is 9.87. The van der Waals surface area contributed by atoms with E-state index < -0.39 is 0 Å². The number of amides is 1. The van der Waals surface area contributed by atoms with Gasteiger partial charge in [0.05, 0.1) is 18.5 Å². The van der Waals surface area contributed by atoms with E-state index in [-0.39, 0.29) is 5.91 Å². The van der Waals surface area contributed by atoms with Crippen LogP contribution in [-0.4, -0.2) is 23.2 Å². The second-order valence-electron chi connectivity index (χ2n) is 5.69. The molecule has 0 aliphatic heterocycles. The highest BCUT2D eigenvalue weighted by Crippen LogP contribution is 2.26. The topological polar surface area (TPSA) is 67.0 Å². The highest BCUT2D eigenvalue weighted by molar-refractivity contribution is 6.04. The summed E-state index contributed by atoms with van der Waals surface area (Å²) < 4.78 is 5.28. The third kappa shape index (κ3) is 3.30. The Morgan fingerprint density at radius 2 is 1.75 bits per heavy atom. The largest absolute Gasteiger partial charge is 0.495 e. The third-order valence-corrected chi connectivity index (χ3v) is 3.77. The second-order valence-corrected chi connectivity index (χ2v) is 5.69. The number of anilines is 1. The first-order valence-electron chi connectivity index (χ1n) is 7.65. The summed E-state index contributed by atoms with van der Waals surface area (Å²) in [7, 11) is 1.58. The summed E-state index contributed by atoms with van der Waals surface area (Å²) in [4.78, 5) is 12.5. The molecule has 5 heteroatoms. The second kappa shape index (κ2) is 6.58. The Morgan fingerprint density at radius 1 is 1.04 bits per heavy atom. The summed E-state index contributed by atoms with van der Waals surface area (Å²) in [6, 6.07) is 15.4. The minimum Gasteiger partial charge on any atom is -0.495 e. The zero-order chi connectivity index (χ0) is 17.1. The number of carbonyl (C=O) groups is 1. The van der Waals surface area contributed by atoms with Crippen LogP contribution in [0.3, 0.4) is 0 Å². The van der Waals surface area contributed by atoms with Crippen molar-refractivity contribution in [3.8, 4) is 17.0 Å². The molecule has 0 saturated carbocycles. The van der Waals surface area contributed by atoms with Crippen LogP contribution in [0, 0.1) is 13.8 Å². The predicted molar refractivity (Wildman–Crippen MR) is 94.4 cm³/mol. The lowest BCUT2D eigenvalue weighted by Crippen LogP contribution is -2.13. The average molecular weight is 321 g/mol. The molecule has 5 nitrogen and oxygen atoms in total. The number of carbonyl (C=O) groups excluding carboxylic acids is 1. The maximum absolute atomic E-state index is 12.5. The van der Waals surface area contributed by atoms with Gasteiger partial charge in [-0.3, -0.25) is 9.89 Å². The molecule has 0 spiro atoms. The van der Waals surface area contributed by atoms with Gasteiger partial charge in [0, 0.05) is 5.56 Å². The Morgan fingerprint density at radius 3 is 2.46 bits per heavy atom. The highest BCUT2D eigenvalue weighted by Gasteiger charge is 2.13. The summed E-state index contributed by atoms with van der Waals surface area (Å²) in [5.74, 6) is 0.358. The molecule has 0 bridgehead atoms. The fraction of sp³-hybridized carbons (Fsp3) is 0.158. The Balaban J connectivity index is 1.81. The number of rotatable bonds is 4. The van der Waals surface area contributed by atoms with Crippen molar-refractivity contribution in [1.82, 2.24) is 10.2 Å². The van der Waals surface area contributed by atoms with Gasteiger partial charge in [-0.25, -0.2) is 0 Å². The van der Waals surface area contributed by atoms with Gasteiger partial charge in [0.1, 0.15) is 11.4 Å². The number of hydrogen-bond acceptors (Lipinski definition) is 3. The quantitative estimate of drug-likeness (QED) is 0.764. The van der Waals surface area contributed by atoms with Crippen LogP contribution in [-0.2, 0) is 0 Å². The van der Waals surface area contributed by atoms with Gasteiger partial charge in [0.15, 0.2) is 0 Å². The zero-order valence-corrected chi connectivity index (χ0v) is 13.9. The lowest BCUT2D eigenvalue weighted by Gasteiger charge is -2.10. The maximum atomic E-state index is 12.5. The lowest BCUT2D eigenvalue weighted by molar-refractivity contribution is 0.102. The van der Waals surface area contributed by atoms with E-state index in [2.05, 4.69) is 15.5 Å². The molecule has 0 unspecified atom stereocenters. The number of nitrogens with zero attached hydrogens (tertiary/aromatic N) is 1. The molecule has 3 rings (SSSR count). The zero-order valence-electron chi connectivity index (χ0n) is 13.9. The number of hydrogen-bond donors (Lipinski definition) is 2. The van der Waals surface area contributed by atoms with Crippen LogP contribution >= 0.6 is 0 Å². The number of aromatic amines is 1. The van der Waals surface area contributed by atoms with Crippen molar-refractivity contribution in [2.24, 2.45) is 0 Å². The van der Waals surface area contributed by atoms with Crippen molar-refractivity contribution in [2.45, 2.75) is 13.8 Å². The van der Waals surface area contributed by atoms with Gasteiger partial charge in [-0.1, -0.05) is 35.9 Å². The fourth-order valence-corrected chi connectivity index (χ4v) is 2.42. The molecule has 0 fully saturated rings. The Labute approximate surface area is 140 Å². The van der Waals surface area contributed by atoms with Crippen LogP contribution in [0.1, 0.15) is 21.6 Å². The maximum Gasteiger partial charge on any atom is 0.273 e. The van der Waals surface area contributed by atoms with E-state index in [1.807, 2.05) is 56.3 Å². The first-order valence-corrected chi connectivity index (χ1v) is 7.65. The number of benzene rings is 2. The van der Waals surface area contributed by atoms with Gasteiger partial charge < -0.3 is 10.1 Å². The first-order chi connectivity index (χ1) is 11.6. The summed E-state index contributed by atoms with van der Waals surface area (Å²) in [5.41, 5.74) is 4.94. The average Bonchev–Trinajstić information content (AvgIpc) is 3.06. The van der Waals surface area contributed by atoms with E-state index >= 15 is 0 Å². The molecule has 1 heterocycles. The van der Waals surface area contributed by atoms with Crippen LogP contribution in [0.5, 0.6) is 5.75 Å². The molecule has 3 aromatic rings. The standard InChI is InChI=1S/C19H19N3O2/c1-12-4-7-14(8-5-12)15-11-17(22-21-15)19(23)20-16-10-13(2)6-9-18(16)24-3/h4-11H,1-3H3,(H,20,23)(H,21,22). The number of nitrogens with one attached hydrogen (secondary N) is 2. The SMILES string of the molecule is COc1ccc(C)cc1NC(=O)c1cc(-c2ccc(C)cc2)n[nH]1. The Hall–Kier alpha value is -3.08. The van der Waals surface area contributed by atoms with E-state index in [4.69, 9.17) is 4.74 Å². The van der Waals surface area contributed by atoms with Crippen molar-refractivity contribution in [3.63, 3.8) is 0 Å². The summed E-state index contributed by atoms with van der Waals surface area (Å²) in [6.07, 6.45) is 0. The highest BCUT2D eigenvalue weighted by atomic mass is 16.5. The van der Waals surface area contributed by atoms with Crippen LogP contribution in [0.15, 0.2) is 48.5 Å². The van der Waals surface area contributed by atoms with Crippen LogP contribution < -0.4 is 10.1 Å². The van der Waals surface area contributed by atoms with Crippen LogP contribution in [0.4, 0.5) is 5.69 Å². The molecule has 0 saturated heterocycles. The number of methoxy groups -OCH3 is 1. The molecule has 0 atom stereocenters. The minimum atomic E-state index is -0.259. The minimum absolute atomic E-state index is 0.259. The number of H-pyrrole nitrogens is 1. The monoisotopic (exact) mass is 321 g/mol. The van der Waals surface area contributed by atoms with Crippen molar-refractivity contribution in [2.75, 3.05) is 12.4 Å². The van der Waals surface area contributed by atoms with Crippen LogP contribution in [0.2, 0.25) is 0 Å². The Kier molecular flexibility index (Phi) is 4.33. The number of aromatic nitrogens is 2. The molecule has 24 heavy (non-hydrogen) atoms. The van der Waals surface area contributed by atoms with E-state index in [9.17, 15) is 4.79 Å². The molecule has 0 radical (unpaired) electrons. The predicted octanol–water partition coefficient (Wildman–Crippen LogP) is 3.95. The molecule has 0 aliphatic rings. The van der Waals surface area contributed by atoms with E-state index in [0.717, 1.165) is 16.8 Å². The molecule has 122 valence electrons. The molecule has 2 N–H and O–H groups in total. The molecule has 2 aromatic carbocycles. The van der Waals surface area contributed by atoms with E-state index in [1.165, 1.54) is 5.56 Å². The van der Waals surface area contributed by atoms with Crippen molar-refractivity contribution < 1.29 is 9.53 Å². The van der Waals surface area contributed by atoms with Crippen molar-refractivity contribution in [3.05, 3.63) is 65.4 Å². The third-order valence-electron chi connectivity index (χ3n) is 3.77. The van der Waals surface area contributed by atoms with Gasteiger partial charge in [-0.15, -0.1) is 0 Å². The fourth-order valence-electron chi connectivity index (χ4n) is 2.42. The van der Waals surface area contributed by atoms with Crippen molar-refractivity contribution >= 4 is 11.6 Å². The smallest absolute Gasteiger partial charge is 0.273 e. The van der Waals surface area contributed by atoms with E-state index in [0.29, 0.717) is 17.1 Å². The summed E-state index contributed by atoms with van der Waals surface area (Å²) >= 11 is 0. The van der Waals surface area contributed by atoms with Gasteiger partial charge >= 0.3 is 0 Å². The Bertz CT molecular complexity index is 867.